The zero-order valence-corrected chi connectivity index (χ0v) is 16.5. The van der Waals surface area contributed by atoms with Crippen molar-refractivity contribution in [2.24, 2.45) is 0 Å². The van der Waals surface area contributed by atoms with Crippen molar-refractivity contribution in [3.05, 3.63) is 81.0 Å². The van der Waals surface area contributed by atoms with Crippen molar-refractivity contribution in [3.63, 3.8) is 0 Å². The third kappa shape index (κ3) is 4.60. The van der Waals surface area contributed by atoms with Gasteiger partial charge in [-0.05, 0) is 41.8 Å². The minimum atomic E-state index is -4.65. The van der Waals surface area contributed by atoms with Crippen LogP contribution in [0.5, 0.6) is 0 Å². The fourth-order valence-electron chi connectivity index (χ4n) is 2.65. The smallest absolute Gasteiger partial charge is 0.322 e. The van der Waals surface area contributed by atoms with E-state index < -0.39 is 22.7 Å². The summed E-state index contributed by atoms with van der Waals surface area (Å²) in [5, 5.41) is 3.74. The molecule has 0 spiro atoms. The number of halogens is 4. The van der Waals surface area contributed by atoms with Crippen LogP contribution in [-0.4, -0.2) is 18.9 Å². The zero-order valence-electron chi connectivity index (χ0n) is 15.0. The molecule has 0 atom stereocenters. The number of hydrogen-bond donors (Lipinski definition) is 1. The van der Waals surface area contributed by atoms with Crippen LogP contribution in [0.2, 0.25) is 5.02 Å². The molecule has 0 fully saturated rings. The SMILES string of the molecule is CN(C(=O)c1cccs1)c1ccccc1C(=O)Nc1ccc(Cl)c(C(F)(F)F)c1. The molecular formula is C20H14ClF3N2O2S. The predicted molar refractivity (Wildman–Crippen MR) is 108 cm³/mol. The van der Waals surface area contributed by atoms with Crippen LogP contribution in [0.1, 0.15) is 25.6 Å². The lowest BCUT2D eigenvalue weighted by molar-refractivity contribution is -0.137. The van der Waals surface area contributed by atoms with Gasteiger partial charge in [0.15, 0.2) is 0 Å². The van der Waals surface area contributed by atoms with E-state index in [1.807, 2.05) is 0 Å². The van der Waals surface area contributed by atoms with Gasteiger partial charge in [-0.15, -0.1) is 11.3 Å². The molecule has 0 aliphatic rings. The highest BCUT2D eigenvalue weighted by Crippen LogP contribution is 2.36. The van der Waals surface area contributed by atoms with Gasteiger partial charge < -0.3 is 10.2 Å². The van der Waals surface area contributed by atoms with Crippen LogP contribution in [0.15, 0.2) is 60.0 Å². The van der Waals surface area contributed by atoms with Crippen LogP contribution < -0.4 is 10.2 Å². The molecule has 1 heterocycles. The first-order chi connectivity index (χ1) is 13.7. The van der Waals surface area contributed by atoms with Gasteiger partial charge in [-0.2, -0.15) is 13.2 Å². The number of alkyl halides is 3. The Morgan fingerprint density at radius 1 is 1.07 bits per heavy atom. The molecule has 4 nitrogen and oxygen atoms in total. The molecule has 3 rings (SSSR count). The number of para-hydroxylation sites is 1. The summed E-state index contributed by atoms with van der Waals surface area (Å²) in [6.45, 7) is 0. The topological polar surface area (TPSA) is 49.4 Å². The van der Waals surface area contributed by atoms with Crippen molar-refractivity contribution in [1.82, 2.24) is 0 Å². The van der Waals surface area contributed by atoms with Crippen molar-refractivity contribution in [2.75, 3.05) is 17.3 Å². The van der Waals surface area contributed by atoms with Gasteiger partial charge in [-0.1, -0.05) is 29.8 Å². The lowest BCUT2D eigenvalue weighted by Gasteiger charge is -2.20. The average Bonchev–Trinajstić information content (AvgIpc) is 3.22. The van der Waals surface area contributed by atoms with Crippen molar-refractivity contribution in [3.8, 4) is 0 Å². The molecule has 2 amide bonds. The van der Waals surface area contributed by atoms with Crippen molar-refractivity contribution in [1.29, 1.82) is 0 Å². The number of nitrogens with one attached hydrogen (secondary N) is 1. The van der Waals surface area contributed by atoms with Crippen LogP contribution in [0.25, 0.3) is 0 Å². The molecule has 150 valence electrons. The molecule has 0 bridgehead atoms. The third-order valence-corrected chi connectivity index (χ3v) is 5.26. The summed E-state index contributed by atoms with van der Waals surface area (Å²) >= 11 is 6.87. The lowest BCUT2D eigenvalue weighted by atomic mass is 10.1. The van der Waals surface area contributed by atoms with Gasteiger partial charge in [0.2, 0.25) is 0 Å². The summed E-state index contributed by atoms with van der Waals surface area (Å²) in [4.78, 5) is 27.1. The first-order valence-electron chi connectivity index (χ1n) is 8.27. The quantitative estimate of drug-likeness (QED) is 0.547. The summed E-state index contributed by atoms with van der Waals surface area (Å²) < 4.78 is 39.1. The molecule has 0 aliphatic carbocycles. The van der Waals surface area contributed by atoms with E-state index in [0.717, 1.165) is 12.1 Å². The second kappa shape index (κ2) is 8.26. The van der Waals surface area contributed by atoms with Crippen LogP contribution in [0.3, 0.4) is 0 Å². The summed E-state index contributed by atoms with van der Waals surface area (Å²) in [5.74, 6) is -0.951. The van der Waals surface area contributed by atoms with Crippen LogP contribution in [0.4, 0.5) is 24.5 Å². The van der Waals surface area contributed by atoms with Gasteiger partial charge in [0.05, 0.1) is 26.7 Å². The molecule has 0 aliphatic heterocycles. The monoisotopic (exact) mass is 438 g/mol. The maximum absolute atomic E-state index is 13.0. The number of amides is 2. The fraction of sp³-hybridized carbons (Fsp3) is 0.100. The molecule has 1 N–H and O–H groups in total. The second-order valence-corrected chi connectivity index (χ2v) is 7.36. The van der Waals surface area contributed by atoms with Crippen molar-refractivity contribution in [2.45, 2.75) is 6.18 Å². The van der Waals surface area contributed by atoms with Gasteiger partial charge in [-0.3, -0.25) is 9.59 Å². The van der Waals surface area contributed by atoms with Crippen molar-refractivity contribution >= 4 is 46.1 Å². The molecule has 2 aromatic carbocycles. The second-order valence-electron chi connectivity index (χ2n) is 6.01. The van der Waals surface area contributed by atoms with Gasteiger partial charge in [-0.25, -0.2) is 0 Å². The Balaban J connectivity index is 1.89. The number of anilines is 2. The van der Waals surface area contributed by atoms with Crippen LogP contribution in [0, 0.1) is 0 Å². The normalized spacial score (nSPS) is 11.2. The highest BCUT2D eigenvalue weighted by molar-refractivity contribution is 7.12. The van der Waals surface area contributed by atoms with Crippen molar-refractivity contribution < 1.29 is 22.8 Å². The number of carbonyl (C=O) groups is 2. The highest BCUT2D eigenvalue weighted by atomic mass is 35.5. The Morgan fingerprint density at radius 3 is 2.45 bits per heavy atom. The van der Waals surface area contributed by atoms with E-state index >= 15 is 0 Å². The fourth-order valence-corrected chi connectivity index (χ4v) is 3.58. The van der Waals surface area contributed by atoms with E-state index in [9.17, 15) is 22.8 Å². The summed E-state index contributed by atoms with van der Waals surface area (Å²) in [6.07, 6.45) is -4.65. The zero-order chi connectivity index (χ0) is 21.2. The van der Waals surface area contributed by atoms with E-state index in [2.05, 4.69) is 5.32 Å². The maximum Gasteiger partial charge on any atom is 0.417 e. The van der Waals surface area contributed by atoms with Gasteiger partial charge in [0.1, 0.15) is 0 Å². The van der Waals surface area contributed by atoms with Crippen LogP contribution >= 0.6 is 22.9 Å². The average molecular weight is 439 g/mol. The number of nitrogens with zero attached hydrogens (tertiary/aromatic N) is 1. The van der Waals surface area contributed by atoms with Gasteiger partial charge in [0.25, 0.3) is 11.8 Å². The molecule has 0 unspecified atom stereocenters. The number of benzene rings is 2. The number of thiophene rings is 1. The molecule has 9 heteroatoms. The molecule has 1 aromatic heterocycles. The van der Waals surface area contributed by atoms with E-state index in [4.69, 9.17) is 11.6 Å². The van der Waals surface area contributed by atoms with E-state index in [1.165, 1.54) is 35.4 Å². The number of carbonyl (C=O) groups excluding carboxylic acids is 2. The Kier molecular flexibility index (Phi) is 5.95. The number of hydrogen-bond acceptors (Lipinski definition) is 3. The third-order valence-electron chi connectivity index (χ3n) is 4.08. The molecule has 3 aromatic rings. The predicted octanol–water partition coefficient (Wildman–Crippen LogP) is 5.95. The van der Waals surface area contributed by atoms with Gasteiger partial charge >= 0.3 is 6.18 Å². The molecule has 0 radical (unpaired) electrons. The molecular weight excluding hydrogens is 425 g/mol. The Labute approximate surface area is 173 Å². The standard InChI is InChI=1S/C20H14ClF3N2O2S/c1-26(19(28)17-7-4-10-29-17)16-6-3-2-5-13(16)18(27)25-12-8-9-15(21)14(11-12)20(22,23)24/h2-11H,1H3,(H,25,27). The van der Waals surface area contributed by atoms with Gasteiger partial charge in [0, 0.05) is 12.7 Å². The minimum Gasteiger partial charge on any atom is -0.322 e. The first kappa shape index (κ1) is 20.9. The van der Waals surface area contributed by atoms with E-state index in [1.54, 1.807) is 35.7 Å². The summed E-state index contributed by atoms with van der Waals surface area (Å²) in [7, 11) is 1.53. The summed E-state index contributed by atoms with van der Waals surface area (Å²) in [6, 6.07) is 12.9. The lowest BCUT2D eigenvalue weighted by Crippen LogP contribution is -2.28. The van der Waals surface area contributed by atoms with E-state index in [-0.39, 0.29) is 17.2 Å². The molecule has 0 saturated heterocycles. The highest BCUT2D eigenvalue weighted by Gasteiger charge is 2.33. The number of rotatable bonds is 4. The molecule has 29 heavy (non-hydrogen) atoms. The Bertz CT molecular complexity index is 1050. The Hall–Kier alpha value is -2.84. The summed E-state index contributed by atoms with van der Waals surface area (Å²) in [5.41, 5.74) is -0.638. The first-order valence-corrected chi connectivity index (χ1v) is 9.53. The minimum absolute atomic E-state index is 0.0613. The largest absolute Gasteiger partial charge is 0.417 e. The van der Waals surface area contributed by atoms with Crippen LogP contribution in [-0.2, 0) is 6.18 Å². The maximum atomic E-state index is 13.0. The van der Waals surface area contributed by atoms with E-state index in [0.29, 0.717) is 10.6 Å². The molecule has 0 saturated carbocycles. The Morgan fingerprint density at radius 2 is 1.79 bits per heavy atom.